The van der Waals surface area contributed by atoms with Crippen LogP contribution < -0.4 is 10.0 Å². The van der Waals surface area contributed by atoms with Crippen LogP contribution in [-0.2, 0) is 14.8 Å². The van der Waals surface area contributed by atoms with Gasteiger partial charge in [0, 0.05) is 29.7 Å². The van der Waals surface area contributed by atoms with Gasteiger partial charge in [0.15, 0.2) is 0 Å². The van der Waals surface area contributed by atoms with Crippen LogP contribution in [0.5, 0.6) is 0 Å². The summed E-state index contributed by atoms with van der Waals surface area (Å²) in [7, 11) is -3.74. The molecule has 6 nitrogen and oxygen atoms in total. The highest BCUT2D eigenvalue weighted by molar-refractivity contribution is 9.10. The number of hydrogen-bond acceptors (Lipinski definition) is 4. The quantitative estimate of drug-likeness (QED) is 0.573. The lowest BCUT2D eigenvalue weighted by Crippen LogP contribution is -2.35. The van der Waals surface area contributed by atoms with Crippen molar-refractivity contribution in [3.8, 4) is 0 Å². The highest BCUT2D eigenvalue weighted by atomic mass is 79.9. The Hall–Kier alpha value is -0.700. The van der Waals surface area contributed by atoms with Gasteiger partial charge in [-0.05, 0) is 34.8 Å². The van der Waals surface area contributed by atoms with Gasteiger partial charge in [0.2, 0.25) is 15.9 Å². The minimum atomic E-state index is -3.74. The molecule has 0 bridgehead atoms. The molecule has 0 aliphatic heterocycles. The van der Waals surface area contributed by atoms with Gasteiger partial charge in [-0.1, -0.05) is 11.6 Å². The van der Waals surface area contributed by atoms with Crippen molar-refractivity contribution in [3.05, 3.63) is 21.9 Å². The van der Waals surface area contributed by atoms with Crippen LogP contribution in [0.1, 0.15) is 12.8 Å². The molecular formula is C11H13BrClN3O3S. The number of rotatable bonds is 6. The summed E-state index contributed by atoms with van der Waals surface area (Å²) in [5, 5.41) is 2.58. The van der Waals surface area contributed by atoms with Gasteiger partial charge in [-0.3, -0.25) is 4.79 Å². The lowest BCUT2D eigenvalue weighted by Gasteiger charge is -2.09. The van der Waals surface area contributed by atoms with Gasteiger partial charge in [0.25, 0.3) is 0 Å². The lowest BCUT2D eigenvalue weighted by atomic mass is 10.4. The van der Waals surface area contributed by atoms with Crippen LogP contribution in [0.3, 0.4) is 0 Å². The van der Waals surface area contributed by atoms with Crippen molar-refractivity contribution < 1.29 is 13.2 Å². The first-order valence-corrected chi connectivity index (χ1v) is 8.64. The molecule has 0 spiro atoms. The first-order valence-electron chi connectivity index (χ1n) is 5.98. The standard InChI is InChI=1S/C11H13BrClN3O3S/c12-8-5-9(10(13)15-6-8)20(18,19)16-4-3-14-11(17)7-1-2-7/h5-7,16H,1-4H2,(H,14,17). The molecule has 1 amide bonds. The zero-order chi connectivity index (χ0) is 14.8. The SMILES string of the molecule is O=C(NCCNS(=O)(=O)c1cc(Br)cnc1Cl)C1CC1. The molecule has 1 aliphatic rings. The Morgan fingerprint density at radius 1 is 1.45 bits per heavy atom. The molecule has 20 heavy (non-hydrogen) atoms. The van der Waals surface area contributed by atoms with Crippen LogP contribution >= 0.6 is 27.5 Å². The molecule has 0 aromatic carbocycles. The van der Waals surface area contributed by atoms with E-state index < -0.39 is 10.0 Å². The van der Waals surface area contributed by atoms with Gasteiger partial charge in [-0.25, -0.2) is 18.1 Å². The topological polar surface area (TPSA) is 88.2 Å². The third-order valence-electron chi connectivity index (χ3n) is 2.73. The smallest absolute Gasteiger partial charge is 0.243 e. The molecule has 1 aliphatic carbocycles. The van der Waals surface area contributed by atoms with E-state index in [9.17, 15) is 13.2 Å². The molecule has 0 saturated heterocycles. The second-order valence-electron chi connectivity index (χ2n) is 4.41. The van der Waals surface area contributed by atoms with E-state index in [0.29, 0.717) is 4.47 Å². The van der Waals surface area contributed by atoms with Crippen molar-refractivity contribution in [2.45, 2.75) is 17.7 Å². The monoisotopic (exact) mass is 381 g/mol. The Kier molecular flexibility index (Phi) is 5.00. The molecule has 9 heteroatoms. The average molecular weight is 383 g/mol. The summed E-state index contributed by atoms with van der Waals surface area (Å²) in [6.45, 7) is 0.344. The fourth-order valence-corrected chi connectivity index (χ4v) is 3.50. The fraction of sp³-hybridized carbons (Fsp3) is 0.455. The number of nitrogens with zero attached hydrogens (tertiary/aromatic N) is 1. The van der Waals surface area contributed by atoms with Crippen LogP contribution in [0.4, 0.5) is 0 Å². The summed E-state index contributed by atoms with van der Waals surface area (Å²) in [5.41, 5.74) is 0. The first-order chi connectivity index (χ1) is 9.40. The van der Waals surface area contributed by atoms with Gasteiger partial charge in [0.05, 0.1) is 0 Å². The summed E-state index contributed by atoms with van der Waals surface area (Å²) >= 11 is 8.92. The largest absolute Gasteiger partial charge is 0.355 e. The Balaban J connectivity index is 1.90. The Bertz CT molecular complexity index is 619. The second-order valence-corrected chi connectivity index (χ2v) is 7.41. The third kappa shape index (κ3) is 4.15. The van der Waals surface area contributed by atoms with Crippen molar-refractivity contribution in [3.63, 3.8) is 0 Å². The van der Waals surface area contributed by atoms with Crippen LogP contribution in [0.2, 0.25) is 5.15 Å². The lowest BCUT2D eigenvalue weighted by molar-refractivity contribution is -0.122. The van der Waals surface area contributed by atoms with Gasteiger partial charge in [-0.15, -0.1) is 0 Å². The molecule has 2 N–H and O–H groups in total. The van der Waals surface area contributed by atoms with E-state index in [1.54, 1.807) is 0 Å². The molecule has 2 rings (SSSR count). The molecule has 110 valence electrons. The minimum absolute atomic E-state index is 0.0219. The first kappa shape index (κ1) is 15.7. The number of sulfonamides is 1. The molecule has 1 fully saturated rings. The fourth-order valence-electron chi connectivity index (χ4n) is 1.53. The predicted octanol–water partition coefficient (Wildman–Crippen LogP) is 1.30. The highest BCUT2D eigenvalue weighted by Crippen LogP contribution is 2.28. The number of carbonyl (C=O) groups is 1. The van der Waals surface area contributed by atoms with Crippen LogP contribution in [0.15, 0.2) is 21.6 Å². The van der Waals surface area contributed by atoms with E-state index in [4.69, 9.17) is 11.6 Å². The number of aromatic nitrogens is 1. The maximum absolute atomic E-state index is 12.0. The molecule has 1 aromatic rings. The number of halogens is 2. The molecule has 1 heterocycles. The summed E-state index contributed by atoms with van der Waals surface area (Å²) < 4.78 is 26.9. The summed E-state index contributed by atoms with van der Waals surface area (Å²) in [4.78, 5) is 15.0. The number of amides is 1. The maximum Gasteiger partial charge on any atom is 0.243 e. The Labute approximate surface area is 130 Å². The van der Waals surface area contributed by atoms with Crippen molar-refractivity contribution >= 4 is 43.5 Å². The van der Waals surface area contributed by atoms with Crippen molar-refractivity contribution in [1.29, 1.82) is 0 Å². The van der Waals surface area contributed by atoms with Gasteiger partial charge < -0.3 is 5.32 Å². The zero-order valence-electron chi connectivity index (χ0n) is 10.4. The molecular weight excluding hydrogens is 370 g/mol. The Morgan fingerprint density at radius 3 is 2.80 bits per heavy atom. The van der Waals surface area contributed by atoms with Crippen LogP contribution in [-0.4, -0.2) is 32.4 Å². The molecule has 0 atom stereocenters. The predicted molar refractivity (Wildman–Crippen MR) is 77.9 cm³/mol. The number of hydrogen-bond donors (Lipinski definition) is 2. The number of carbonyl (C=O) groups excluding carboxylic acids is 1. The van der Waals surface area contributed by atoms with Crippen molar-refractivity contribution in [2.75, 3.05) is 13.1 Å². The number of pyridine rings is 1. The maximum atomic E-state index is 12.0. The van der Waals surface area contributed by atoms with E-state index in [1.165, 1.54) is 12.3 Å². The summed E-state index contributed by atoms with van der Waals surface area (Å²) in [6, 6.07) is 1.38. The van der Waals surface area contributed by atoms with Gasteiger partial charge in [0.1, 0.15) is 10.0 Å². The zero-order valence-corrected chi connectivity index (χ0v) is 13.6. The van der Waals surface area contributed by atoms with Crippen LogP contribution in [0.25, 0.3) is 0 Å². The third-order valence-corrected chi connectivity index (χ3v) is 5.05. The van der Waals surface area contributed by atoms with E-state index in [2.05, 4.69) is 31.0 Å². The van der Waals surface area contributed by atoms with E-state index in [0.717, 1.165) is 12.8 Å². The number of nitrogens with one attached hydrogen (secondary N) is 2. The second kappa shape index (κ2) is 6.38. The summed E-state index contributed by atoms with van der Waals surface area (Å²) in [5.74, 6) is 0.0849. The van der Waals surface area contributed by atoms with Crippen molar-refractivity contribution in [1.82, 2.24) is 15.0 Å². The molecule has 0 unspecified atom stereocenters. The minimum Gasteiger partial charge on any atom is -0.355 e. The molecule has 1 saturated carbocycles. The molecule has 1 aromatic heterocycles. The highest BCUT2D eigenvalue weighted by Gasteiger charge is 2.29. The summed E-state index contributed by atoms with van der Waals surface area (Å²) in [6.07, 6.45) is 3.24. The van der Waals surface area contributed by atoms with Gasteiger partial charge in [-0.2, -0.15) is 0 Å². The van der Waals surface area contributed by atoms with E-state index in [1.807, 2.05) is 0 Å². The van der Waals surface area contributed by atoms with Crippen LogP contribution in [0, 0.1) is 5.92 Å². The Morgan fingerprint density at radius 2 is 2.15 bits per heavy atom. The van der Waals surface area contributed by atoms with E-state index in [-0.39, 0.29) is 35.0 Å². The average Bonchev–Trinajstić information content (AvgIpc) is 3.21. The van der Waals surface area contributed by atoms with Crippen molar-refractivity contribution in [2.24, 2.45) is 5.92 Å². The van der Waals surface area contributed by atoms with Gasteiger partial charge >= 0.3 is 0 Å². The normalized spacial score (nSPS) is 15.1. The molecule has 0 radical (unpaired) electrons. The van der Waals surface area contributed by atoms with E-state index >= 15 is 0 Å².